The zero-order valence-electron chi connectivity index (χ0n) is 10.4. The van der Waals surface area contributed by atoms with Crippen molar-refractivity contribution < 1.29 is 9.90 Å². The summed E-state index contributed by atoms with van der Waals surface area (Å²) in [6, 6.07) is 6.00. The SMILES string of the molecule is O=C(CCc1nc2cc(Br)ccc2s1)NCCCO. The summed E-state index contributed by atoms with van der Waals surface area (Å²) in [5.74, 6) is 0.00823. The van der Waals surface area contributed by atoms with Gasteiger partial charge in [0.2, 0.25) is 5.91 Å². The lowest BCUT2D eigenvalue weighted by molar-refractivity contribution is -0.121. The Morgan fingerprint density at radius 2 is 2.32 bits per heavy atom. The minimum atomic E-state index is 0.00823. The van der Waals surface area contributed by atoms with Crippen molar-refractivity contribution in [2.75, 3.05) is 13.2 Å². The number of aromatic nitrogens is 1. The number of rotatable bonds is 6. The molecule has 6 heteroatoms. The minimum Gasteiger partial charge on any atom is -0.396 e. The van der Waals surface area contributed by atoms with Crippen molar-refractivity contribution in [1.29, 1.82) is 0 Å². The van der Waals surface area contributed by atoms with Crippen molar-refractivity contribution >= 4 is 43.4 Å². The molecule has 2 rings (SSSR count). The fourth-order valence-electron chi connectivity index (χ4n) is 1.67. The van der Waals surface area contributed by atoms with Gasteiger partial charge in [0.1, 0.15) is 0 Å². The highest BCUT2D eigenvalue weighted by Gasteiger charge is 2.07. The molecule has 0 fully saturated rings. The summed E-state index contributed by atoms with van der Waals surface area (Å²) >= 11 is 5.04. The molecule has 2 N–H and O–H groups in total. The predicted octanol–water partition coefficient (Wildman–Crippen LogP) is 2.49. The van der Waals surface area contributed by atoms with Crippen LogP contribution in [0, 0.1) is 0 Å². The van der Waals surface area contributed by atoms with Gasteiger partial charge in [-0.05, 0) is 24.6 Å². The molecule has 0 radical (unpaired) electrons. The molecule has 0 atom stereocenters. The number of aliphatic hydroxyl groups excluding tert-OH is 1. The number of hydrogen-bond donors (Lipinski definition) is 2. The maximum atomic E-state index is 11.5. The van der Waals surface area contributed by atoms with Crippen LogP contribution in [0.3, 0.4) is 0 Å². The summed E-state index contributed by atoms with van der Waals surface area (Å²) in [7, 11) is 0. The Labute approximate surface area is 124 Å². The topological polar surface area (TPSA) is 62.2 Å². The van der Waals surface area contributed by atoms with Crippen LogP contribution in [0.25, 0.3) is 10.2 Å². The Balaban J connectivity index is 1.89. The maximum absolute atomic E-state index is 11.5. The van der Waals surface area contributed by atoms with Gasteiger partial charge in [-0.2, -0.15) is 0 Å². The predicted molar refractivity (Wildman–Crippen MR) is 80.4 cm³/mol. The van der Waals surface area contributed by atoms with E-state index in [9.17, 15) is 4.79 Å². The fourth-order valence-corrected chi connectivity index (χ4v) is 2.97. The monoisotopic (exact) mass is 342 g/mol. The van der Waals surface area contributed by atoms with Crippen LogP contribution in [0.2, 0.25) is 0 Å². The highest BCUT2D eigenvalue weighted by Crippen LogP contribution is 2.25. The van der Waals surface area contributed by atoms with Gasteiger partial charge in [-0.25, -0.2) is 4.98 Å². The molecule has 0 saturated heterocycles. The van der Waals surface area contributed by atoms with Gasteiger partial charge in [-0.1, -0.05) is 15.9 Å². The number of halogens is 1. The quantitative estimate of drug-likeness (QED) is 0.792. The van der Waals surface area contributed by atoms with Crippen LogP contribution >= 0.6 is 27.3 Å². The second-order valence-electron chi connectivity index (χ2n) is 4.15. The number of benzene rings is 1. The molecule has 0 bridgehead atoms. The standard InChI is InChI=1S/C13H15BrN2O2S/c14-9-2-3-11-10(8-9)16-13(19-11)5-4-12(18)15-6-1-7-17/h2-3,8,17H,1,4-7H2,(H,15,18). The molecular weight excluding hydrogens is 328 g/mol. The third kappa shape index (κ3) is 4.26. The average molecular weight is 343 g/mol. The lowest BCUT2D eigenvalue weighted by atomic mass is 10.3. The first-order valence-electron chi connectivity index (χ1n) is 6.11. The summed E-state index contributed by atoms with van der Waals surface area (Å²) in [5, 5.41) is 12.4. The van der Waals surface area contributed by atoms with E-state index < -0.39 is 0 Å². The van der Waals surface area contributed by atoms with Gasteiger partial charge in [0.25, 0.3) is 0 Å². The number of carbonyl (C=O) groups is 1. The second-order valence-corrected chi connectivity index (χ2v) is 6.18. The van der Waals surface area contributed by atoms with Crippen LogP contribution in [0.5, 0.6) is 0 Å². The van der Waals surface area contributed by atoms with Crippen LogP contribution in [0.1, 0.15) is 17.8 Å². The molecule has 1 heterocycles. The molecular formula is C13H15BrN2O2S. The van der Waals surface area contributed by atoms with Crippen molar-refractivity contribution in [2.45, 2.75) is 19.3 Å². The molecule has 102 valence electrons. The summed E-state index contributed by atoms with van der Waals surface area (Å²) in [5.41, 5.74) is 0.968. The Kier molecular flexibility index (Phi) is 5.30. The van der Waals surface area contributed by atoms with Crippen LogP contribution in [0.4, 0.5) is 0 Å². The Morgan fingerprint density at radius 1 is 1.47 bits per heavy atom. The van der Waals surface area contributed by atoms with E-state index in [1.807, 2.05) is 18.2 Å². The number of aliphatic hydroxyl groups is 1. The molecule has 2 aromatic rings. The third-order valence-corrected chi connectivity index (χ3v) is 4.21. The van der Waals surface area contributed by atoms with E-state index in [1.54, 1.807) is 11.3 Å². The van der Waals surface area contributed by atoms with E-state index in [2.05, 4.69) is 26.2 Å². The lowest BCUT2D eigenvalue weighted by Crippen LogP contribution is -2.25. The molecule has 0 unspecified atom stereocenters. The molecule has 1 amide bonds. The van der Waals surface area contributed by atoms with Crippen LogP contribution in [-0.2, 0) is 11.2 Å². The highest BCUT2D eigenvalue weighted by molar-refractivity contribution is 9.10. The van der Waals surface area contributed by atoms with E-state index in [-0.39, 0.29) is 12.5 Å². The van der Waals surface area contributed by atoms with E-state index in [4.69, 9.17) is 5.11 Å². The molecule has 19 heavy (non-hydrogen) atoms. The number of thiazole rings is 1. The van der Waals surface area contributed by atoms with Crippen molar-refractivity contribution in [3.63, 3.8) is 0 Å². The molecule has 4 nitrogen and oxygen atoms in total. The minimum absolute atomic E-state index is 0.00823. The molecule has 0 spiro atoms. The number of hydrogen-bond acceptors (Lipinski definition) is 4. The first-order valence-corrected chi connectivity index (χ1v) is 7.72. The van der Waals surface area contributed by atoms with Gasteiger partial charge < -0.3 is 10.4 Å². The summed E-state index contributed by atoms with van der Waals surface area (Å²) in [6.07, 6.45) is 1.69. The van der Waals surface area contributed by atoms with Crippen molar-refractivity contribution in [2.24, 2.45) is 0 Å². The Bertz CT molecular complexity index is 571. The van der Waals surface area contributed by atoms with E-state index in [0.29, 0.717) is 25.8 Å². The van der Waals surface area contributed by atoms with Gasteiger partial charge in [-0.15, -0.1) is 11.3 Å². The van der Waals surface area contributed by atoms with Crippen molar-refractivity contribution in [3.8, 4) is 0 Å². The van der Waals surface area contributed by atoms with Gasteiger partial charge in [0.15, 0.2) is 0 Å². The zero-order valence-corrected chi connectivity index (χ0v) is 12.8. The second kappa shape index (κ2) is 6.98. The van der Waals surface area contributed by atoms with Crippen molar-refractivity contribution in [1.82, 2.24) is 10.3 Å². The Morgan fingerprint density at radius 3 is 3.11 bits per heavy atom. The van der Waals surface area contributed by atoms with E-state index in [0.717, 1.165) is 19.7 Å². The molecule has 1 aromatic heterocycles. The first-order chi connectivity index (χ1) is 9.19. The number of fused-ring (bicyclic) bond motifs is 1. The van der Waals surface area contributed by atoms with Gasteiger partial charge >= 0.3 is 0 Å². The maximum Gasteiger partial charge on any atom is 0.220 e. The fraction of sp³-hybridized carbons (Fsp3) is 0.385. The third-order valence-electron chi connectivity index (χ3n) is 2.62. The van der Waals surface area contributed by atoms with Crippen molar-refractivity contribution in [3.05, 3.63) is 27.7 Å². The number of nitrogens with zero attached hydrogens (tertiary/aromatic N) is 1. The van der Waals surface area contributed by atoms with Crippen LogP contribution in [0.15, 0.2) is 22.7 Å². The largest absolute Gasteiger partial charge is 0.396 e. The van der Waals surface area contributed by atoms with Gasteiger partial charge in [0.05, 0.1) is 15.2 Å². The van der Waals surface area contributed by atoms with Gasteiger partial charge in [-0.3, -0.25) is 4.79 Å². The number of carbonyl (C=O) groups excluding carboxylic acids is 1. The van der Waals surface area contributed by atoms with E-state index >= 15 is 0 Å². The molecule has 0 saturated carbocycles. The number of aryl methyl sites for hydroxylation is 1. The molecule has 1 aromatic carbocycles. The van der Waals surface area contributed by atoms with E-state index in [1.165, 1.54) is 0 Å². The molecule has 0 aliphatic carbocycles. The summed E-state index contributed by atoms with van der Waals surface area (Å²) in [4.78, 5) is 16.0. The number of nitrogens with one attached hydrogen (secondary N) is 1. The normalized spacial score (nSPS) is 10.8. The first kappa shape index (κ1) is 14.4. The highest BCUT2D eigenvalue weighted by atomic mass is 79.9. The zero-order chi connectivity index (χ0) is 13.7. The summed E-state index contributed by atoms with van der Waals surface area (Å²) < 4.78 is 2.15. The van der Waals surface area contributed by atoms with Crippen LogP contribution < -0.4 is 5.32 Å². The molecule has 0 aliphatic rings. The Hall–Kier alpha value is -0.980. The smallest absolute Gasteiger partial charge is 0.220 e. The number of amides is 1. The van der Waals surface area contributed by atoms with Crippen LogP contribution in [-0.4, -0.2) is 29.1 Å². The average Bonchev–Trinajstić information content (AvgIpc) is 2.78. The van der Waals surface area contributed by atoms with Gasteiger partial charge in [0, 0.05) is 30.5 Å². The lowest BCUT2D eigenvalue weighted by Gasteiger charge is -2.02. The molecule has 0 aliphatic heterocycles. The summed E-state index contributed by atoms with van der Waals surface area (Å²) in [6.45, 7) is 0.634.